The van der Waals surface area contributed by atoms with E-state index in [2.05, 4.69) is 26.3 Å². The third-order valence-corrected chi connectivity index (χ3v) is 7.19. The zero-order valence-corrected chi connectivity index (χ0v) is 15.9. The summed E-state index contributed by atoms with van der Waals surface area (Å²) in [6.45, 7) is 6.96. The lowest BCUT2D eigenvalue weighted by Gasteiger charge is -2.39. The van der Waals surface area contributed by atoms with Crippen molar-refractivity contribution in [2.45, 2.75) is 32.1 Å². The van der Waals surface area contributed by atoms with Crippen molar-refractivity contribution in [3.63, 3.8) is 0 Å². The number of H-pyrrole nitrogens is 1. The van der Waals surface area contributed by atoms with Gasteiger partial charge in [0.25, 0.3) is 0 Å². The van der Waals surface area contributed by atoms with Crippen molar-refractivity contribution in [3.05, 3.63) is 29.6 Å². The molecule has 2 aromatic rings. The fourth-order valence-electron chi connectivity index (χ4n) is 3.08. The molecular formula is C17H25N5O2S. The Balaban J connectivity index is 1.70. The Morgan fingerprint density at radius 1 is 1.44 bits per heavy atom. The molecule has 0 spiro atoms. The van der Waals surface area contributed by atoms with Crippen LogP contribution in [0.25, 0.3) is 11.0 Å². The van der Waals surface area contributed by atoms with Crippen LogP contribution in [-0.4, -0.2) is 59.9 Å². The maximum Gasteiger partial charge on any atom is 0.194 e. The summed E-state index contributed by atoms with van der Waals surface area (Å²) in [6.07, 6.45) is 0. The minimum atomic E-state index is -3.07. The highest BCUT2D eigenvalue weighted by Crippen LogP contribution is 2.23. The molecule has 3 rings (SSSR count). The summed E-state index contributed by atoms with van der Waals surface area (Å²) in [6, 6.07) is 6.10. The molecule has 0 atom stereocenters. The highest BCUT2D eigenvalue weighted by Gasteiger charge is 2.40. The molecule has 8 heteroatoms. The van der Waals surface area contributed by atoms with Gasteiger partial charge in [-0.3, -0.25) is 4.99 Å². The maximum absolute atomic E-state index is 12.2. The van der Waals surface area contributed by atoms with Crippen molar-refractivity contribution in [1.82, 2.24) is 20.2 Å². The molecule has 1 saturated heterocycles. The number of sulfone groups is 1. The molecule has 0 aliphatic carbocycles. The lowest BCUT2D eigenvalue weighted by Crippen LogP contribution is -2.57. The molecule has 1 aliphatic heterocycles. The number of aliphatic imine (C=N–C) groups is 1. The molecule has 1 aliphatic rings. The highest BCUT2D eigenvalue weighted by atomic mass is 32.2. The predicted molar refractivity (Wildman–Crippen MR) is 100 cm³/mol. The fraction of sp³-hybridized carbons (Fsp3) is 0.529. The van der Waals surface area contributed by atoms with E-state index in [4.69, 9.17) is 0 Å². The number of aryl methyl sites for hydroxylation is 1. The number of imidazole rings is 1. The summed E-state index contributed by atoms with van der Waals surface area (Å²) in [4.78, 5) is 14.2. The number of hydrogen-bond acceptors (Lipinski definition) is 4. The van der Waals surface area contributed by atoms with Gasteiger partial charge in [0.1, 0.15) is 5.82 Å². The van der Waals surface area contributed by atoms with Gasteiger partial charge in [-0.25, -0.2) is 13.4 Å². The molecule has 0 bridgehead atoms. The number of nitrogens with zero attached hydrogens (tertiary/aromatic N) is 3. The van der Waals surface area contributed by atoms with E-state index in [-0.39, 0.29) is 5.75 Å². The van der Waals surface area contributed by atoms with Gasteiger partial charge in [0.05, 0.1) is 28.1 Å². The van der Waals surface area contributed by atoms with E-state index in [1.807, 2.05) is 24.0 Å². The molecule has 25 heavy (non-hydrogen) atoms. The van der Waals surface area contributed by atoms with Gasteiger partial charge >= 0.3 is 0 Å². The van der Waals surface area contributed by atoms with Crippen LogP contribution in [0.1, 0.15) is 25.2 Å². The van der Waals surface area contributed by atoms with Crippen LogP contribution in [0.4, 0.5) is 0 Å². The summed E-state index contributed by atoms with van der Waals surface area (Å²) in [5.41, 5.74) is 3.13. The van der Waals surface area contributed by atoms with Crippen molar-refractivity contribution in [2.24, 2.45) is 4.99 Å². The Morgan fingerprint density at radius 3 is 2.88 bits per heavy atom. The number of nitrogens with one attached hydrogen (secondary N) is 2. The van der Waals surface area contributed by atoms with Gasteiger partial charge in [-0.15, -0.1) is 0 Å². The van der Waals surface area contributed by atoms with Crippen molar-refractivity contribution in [2.75, 3.05) is 25.9 Å². The van der Waals surface area contributed by atoms with Crippen molar-refractivity contribution in [1.29, 1.82) is 0 Å². The van der Waals surface area contributed by atoms with E-state index >= 15 is 0 Å². The van der Waals surface area contributed by atoms with E-state index in [1.54, 1.807) is 20.9 Å². The topological polar surface area (TPSA) is 90.4 Å². The normalized spacial score (nSPS) is 20.0. The van der Waals surface area contributed by atoms with E-state index < -0.39 is 14.6 Å². The lowest BCUT2D eigenvalue weighted by molar-refractivity contribution is 0.353. The Bertz CT molecular complexity index is 914. The quantitative estimate of drug-likeness (QED) is 0.623. The molecule has 1 aromatic carbocycles. The summed E-state index contributed by atoms with van der Waals surface area (Å²) >= 11 is 0. The summed E-state index contributed by atoms with van der Waals surface area (Å²) < 4.78 is 23.6. The number of hydrogen-bond donors (Lipinski definition) is 2. The van der Waals surface area contributed by atoms with Gasteiger partial charge in [-0.1, -0.05) is 6.07 Å². The number of aromatic amines is 1. The Labute approximate surface area is 148 Å². The van der Waals surface area contributed by atoms with Crippen molar-refractivity contribution < 1.29 is 8.42 Å². The number of rotatable bonds is 2. The number of fused-ring (bicyclic) bond motifs is 1. The third-order valence-electron chi connectivity index (χ3n) is 4.66. The van der Waals surface area contributed by atoms with Gasteiger partial charge in [0.2, 0.25) is 0 Å². The molecule has 0 unspecified atom stereocenters. The molecule has 0 radical (unpaired) electrons. The Morgan fingerprint density at radius 2 is 2.20 bits per heavy atom. The molecular weight excluding hydrogens is 338 g/mol. The fourth-order valence-corrected chi connectivity index (χ4v) is 4.45. The smallest absolute Gasteiger partial charge is 0.194 e. The van der Waals surface area contributed by atoms with Crippen LogP contribution in [0, 0.1) is 6.92 Å². The molecule has 2 N–H and O–H groups in total. The first-order valence-corrected chi connectivity index (χ1v) is 10.0. The first-order valence-electron chi connectivity index (χ1n) is 8.35. The van der Waals surface area contributed by atoms with Crippen LogP contribution in [-0.2, 0) is 16.4 Å². The van der Waals surface area contributed by atoms with Crippen LogP contribution in [0.2, 0.25) is 0 Å². The average Bonchev–Trinajstić information content (AvgIpc) is 2.93. The third kappa shape index (κ3) is 3.49. The van der Waals surface area contributed by atoms with E-state index in [0.717, 1.165) is 16.9 Å². The first kappa shape index (κ1) is 17.7. The maximum atomic E-state index is 12.2. The molecule has 136 valence electrons. The average molecular weight is 363 g/mol. The van der Waals surface area contributed by atoms with Gasteiger partial charge in [-0.05, 0) is 38.5 Å². The number of aromatic nitrogens is 2. The highest BCUT2D eigenvalue weighted by molar-refractivity contribution is 7.92. The largest absolute Gasteiger partial charge is 0.349 e. The van der Waals surface area contributed by atoms with E-state index in [1.165, 1.54) is 5.56 Å². The zero-order valence-electron chi connectivity index (χ0n) is 15.1. The lowest BCUT2D eigenvalue weighted by atomic mass is 10.2. The number of guanidine groups is 1. The van der Waals surface area contributed by atoms with E-state index in [9.17, 15) is 8.42 Å². The minimum absolute atomic E-state index is 0.143. The van der Waals surface area contributed by atoms with Crippen LogP contribution in [0.3, 0.4) is 0 Å². The summed E-state index contributed by atoms with van der Waals surface area (Å²) in [5.74, 6) is 1.66. The van der Waals surface area contributed by atoms with Gasteiger partial charge in [0.15, 0.2) is 15.8 Å². The zero-order chi connectivity index (χ0) is 18.2. The Hall–Kier alpha value is -2.09. The Kier molecular flexibility index (Phi) is 4.49. The second-order valence-electron chi connectivity index (χ2n) is 7.10. The second kappa shape index (κ2) is 6.33. The minimum Gasteiger partial charge on any atom is -0.349 e. The van der Waals surface area contributed by atoms with Crippen molar-refractivity contribution >= 4 is 26.8 Å². The standard InChI is InChI=1S/C17H25N5O2S/c1-12-5-6-13-14(9-12)21-15(20-13)10-19-16(18-4)22-7-8-25(23,24)17(2,3)11-22/h5-6,9H,7-8,10-11H2,1-4H3,(H,18,19)(H,20,21). The van der Waals surface area contributed by atoms with Crippen LogP contribution < -0.4 is 5.32 Å². The van der Waals surface area contributed by atoms with Gasteiger partial charge in [-0.2, -0.15) is 0 Å². The SMILES string of the molecule is CN=C(NCc1nc2ccc(C)cc2[nH]1)N1CCS(=O)(=O)C(C)(C)C1. The van der Waals surface area contributed by atoms with E-state index in [0.29, 0.717) is 25.6 Å². The monoisotopic (exact) mass is 363 g/mol. The molecule has 0 amide bonds. The summed E-state index contributed by atoms with van der Waals surface area (Å²) in [5, 5.41) is 3.28. The van der Waals surface area contributed by atoms with Crippen LogP contribution >= 0.6 is 0 Å². The molecule has 1 aromatic heterocycles. The number of benzene rings is 1. The van der Waals surface area contributed by atoms with Crippen molar-refractivity contribution in [3.8, 4) is 0 Å². The summed E-state index contributed by atoms with van der Waals surface area (Å²) in [7, 11) is -1.36. The van der Waals surface area contributed by atoms with Gasteiger partial charge < -0.3 is 15.2 Å². The molecule has 2 heterocycles. The second-order valence-corrected chi connectivity index (χ2v) is 9.85. The first-order chi connectivity index (χ1) is 11.7. The predicted octanol–water partition coefficient (Wildman–Crippen LogP) is 1.46. The van der Waals surface area contributed by atoms with Crippen LogP contribution in [0.5, 0.6) is 0 Å². The molecule has 1 fully saturated rings. The molecule has 7 nitrogen and oxygen atoms in total. The van der Waals surface area contributed by atoms with Crippen LogP contribution in [0.15, 0.2) is 23.2 Å². The molecule has 0 saturated carbocycles. The van der Waals surface area contributed by atoms with Gasteiger partial charge in [0, 0.05) is 20.1 Å².